The highest BCUT2D eigenvalue weighted by Crippen LogP contribution is 2.31. The van der Waals surface area contributed by atoms with Gasteiger partial charge in [0.1, 0.15) is 11.4 Å². The Bertz CT molecular complexity index is 1150. The van der Waals surface area contributed by atoms with Gasteiger partial charge >= 0.3 is 0 Å². The van der Waals surface area contributed by atoms with Gasteiger partial charge in [-0.25, -0.2) is 4.98 Å². The van der Waals surface area contributed by atoms with E-state index in [9.17, 15) is 4.79 Å². The molecule has 0 radical (unpaired) electrons. The molecule has 1 amide bonds. The van der Waals surface area contributed by atoms with E-state index >= 15 is 0 Å². The number of imidazole rings is 1. The van der Waals surface area contributed by atoms with Crippen LogP contribution in [0.5, 0.6) is 0 Å². The molecular weight excluding hydrogens is 350 g/mol. The first-order valence-corrected chi connectivity index (χ1v) is 9.84. The summed E-state index contributed by atoms with van der Waals surface area (Å²) in [6.07, 6.45) is 1.99. The molecule has 5 nitrogen and oxygen atoms in total. The molecule has 0 bridgehead atoms. The Kier molecular flexibility index (Phi) is 3.97. The normalized spacial score (nSPS) is 17.5. The summed E-state index contributed by atoms with van der Waals surface area (Å²) in [5.41, 5.74) is 4.89. The van der Waals surface area contributed by atoms with Crippen LogP contribution in [0.4, 0.5) is 0 Å². The third-order valence-corrected chi connectivity index (χ3v) is 5.79. The fourth-order valence-corrected chi connectivity index (χ4v) is 4.23. The molecule has 142 valence electrons. The zero-order valence-corrected chi connectivity index (χ0v) is 16.2. The third-order valence-electron chi connectivity index (χ3n) is 5.79. The Morgan fingerprint density at radius 2 is 2.07 bits per heavy atom. The first kappa shape index (κ1) is 17.0. The van der Waals surface area contributed by atoms with E-state index in [1.807, 2.05) is 48.2 Å². The SMILES string of the molecule is Cc1ccc2oc(C(=O)N3CCCC(c4nc5ccccc5[nH]4)C3)c(C)c2c1. The fourth-order valence-electron chi connectivity index (χ4n) is 4.23. The lowest BCUT2D eigenvalue weighted by Crippen LogP contribution is -2.39. The van der Waals surface area contributed by atoms with Gasteiger partial charge in [-0.3, -0.25) is 4.79 Å². The maximum Gasteiger partial charge on any atom is 0.289 e. The van der Waals surface area contributed by atoms with Crippen molar-refractivity contribution in [2.24, 2.45) is 0 Å². The molecular formula is C23H23N3O2. The lowest BCUT2D eigenvalue weighted by molar-refractivity contribution is 0.0674. The smallest absolute Gasteiger partial charge is 0.289 e. The lowest BCUT2D eigenvalue weighted by Gasteiger charge is -2.31. The number of piperidine rings is 1. The second-order valence-corrected chi connectivity index (χ2v) is 7.79. The summed E-state index contributed by atoms with van der Waals surface area (Å²) in [7, 11) is 0. The van der Waals surface area contributed by atoms with Crippen LogP contribution in [0.2, 0.25) is 0 Å². The maximum atomic E-state index is 13.2. The van der Waals surface area contributed by atoms with Crippen molar-refractivity contribution in [3.05, 3.63) is 65.2 Å². The molecule has 28 heavy (non-hydrogen) atoms. The van der Waals surface area contributed by atoms with Crippen molar-refractivity contribution in [3.63, 3.8) is 0 Å². The van der Waals surface area contributed by atoms with Crippen LogP contribution < -0.4 is 0 Å². The zero-order valence-electron chi connectivity index (χ0n) is 16.2. The van der Waals surface area contributed by atoms with Gasteiger partial charge in [0.25, 0.3) is 5.91 Å². The van der Waals surface area contributed by atoms with Gasteiger partial charge < -0.3 is 14.3 Å². The van der Waals surface area contributed by atoms with Crippen molar-refractivity contribution in [2.75, 3.05) is 13.1 Å². The van der Waals surface area contributed by atoms with Crippen LogP contribution in [-0.2, 0) is 0 Å². The van der Waals surface area contributed by atoms with E-state index < -0.39 is 0 Å². The number of likely N-dealkylation sites (tertiary alicyclic amines) is 1. The van der Waals surface area contributed by atoms with Crippen LogP contribution in [0.15, 0.2) is 46.9 Å². The molecule has 2 aromatic carbocycles. The number of carbonyl (C=O) groups excluding carboxylic acids is 1. The first-order valence-electron chi connectivity index (χ1n) is 9.84. The van der Waals surface area contributed by atoms with Gasteiger partial charge in [-0.15, -0.1) is 0 Å². The molecule has 1 atom stereocenters. The number of hydrogen-bond acceptors (Lipinski definition) is 3. The van der Waals surface area contributed by atoms with Crippen LogP contribution in [-0.4, -0.2) is 33.9 Å². The van der Waals surface area contributed by atoms with E-state index in [0.29, 0.717) is 12.3 Å². The summed E-state index contributed by atoms with van der Waals surface area (Å²) >= 11 is 0. The van der Waals surface area contributed by atoms with Crippen molar-refractivity contribution in [2.45, 2.75) is 32.6 Å². The molecule has 4 aromatic rings. The summed E-state index contributed by atoms with van der Waals surface area (Å²) in [4.78, 5) is 23.3. The number of rotatable bonds is 2. The summed E-state index contributed by atoms with van der Waals surface area (Å²) in [6, 6.07) is 14.1. The van der Waals surface area contributed by atoms with Crippen LogP contribution >= 0.6 is 0 Å². The largest absolute Gasteiger partial charge is 0.451 e. The summed E-state index contributed by atoms with van der Waals surface area (Å²) in [6.45, 7) is 5.44. The molecule has 1 unspecified atom stereocenters. The number of carbonyl (C=O) groups is 1. The van der Waals surface area contributed by atoms with Gasteiger partial charge in [0.05, 0.1) is 11.0 Å². The molecule has 1 N–H and O–H groups in total. The predicted octanol–water partition coefficient (Wildman–Crippen LogP) is 4.95. The fraction of sp³-hybridized carbons (Fsp3) is 0.304. The highest BCUT2D eigenvalue weighted by atomic mass is 16.3. The topological polar surface area (TPSA) is 62.1 Å². The average Bonchev–Trinajstić information content (AvgIpc) is 3.29. The molecule has 3 heterocycles. The van der Waals surface area contributed by atoms with E-state index in [0.717, 1.165) is 52.8 Å². The number of aromatic amines is 1. The van der Waals surface area contributed by atoms with Gasteiger partial charge in [0, 0.05) is 30.0 Å². The Morgan fingerprint density at radius 1 is 1.21 bits per heavy atom. The Morgan fingerprint density at radius 3 is 2.93 bits per heavy atom. The number of amides is 1. The van der Waals surface area contributed by atoms with Gasteiger partial charge in [-0.1, -0.05) is 23.8 Å². The monoisotopic (exact) mass is 373 g/mol. The second-order valence-electron chi connectivity index (χ2n) is 7.79. The van der Waals surface area contributed by atoms with Gasteiger partial charge in [-0.2, -0.15) is 0 Å². The Balaban J connectivity index is 1.43. The van der Waals surface area contributed by atoms with Crippen LogP contribution in [0, 0.1) is 13.8 Å². The van der Waals surface area contributed by atoms with E-state index in [1.165, 1.54) is 5.56 Å². The minimum absolute atomic E-state index is 0.0211. The van der Waals surface area contributed by atoms with Crippen LogP contribution in [0.3, 0.4) is 0 Å². The lowest BCUT2D eigenvalue weighted by atomic mass is 9.97. The molecule has 5 rings (SSSR count). The Hall–Kier alpha value is -3.08. The highest BCUT2D eigenvalue weighted by molar-refractivity contribution is 5.99. The minimum atomic E-state index is -0.0211. The van der Waals surface area contributed by atoms with E-state index in [-0.39, 0.29) is 11.8 Å². The molecule has 0 saturated carbocycles. The first-order chi connectivity index (χ1) is 13.6. The number of hydrogen-bond donors (Lipinski definition) is 1. The minimum Gasteiger partial charge on any atom is -0.451 e. The second kappa shape index (κ2) is 6.51. The molecule has 0 aliphatic carbocycles. The van der Waals surface area contributed by atoms with Crippen molar-refractivity contribution in [1.29, 1.82) is 0 Å². The van der Waals surface area contributed by atoms with Crippen molar-refractivity contribution < 1.29 is 9.21 Å². The standard InChI is InChI=1S/C23H23N3O2/c1-14-9-10-20-17(12-14)15(2)21(28-20)23(27)26-11-5-6-16(13-26)22-24-18-7-3-4-8-19(18)25-22/h3-4,7-10,12,16H,5-6,11,13H2,1-2H3,(H,24,25). The number of nitrogens with zero attached hydrogens (tertiary/aromatic N) is 2. The predicted molar refractivity (Wildman–Crippen MR) is 110 cm³/mol. The number of benzene rings is 2. The van der Waals surface area contributed by atoms with Crippen LogP contribution in [0.1, 0.15) is 46.3 Å². The van der Waals surface area contributed by atoms with Gasteiger partial charge in [0.15, 0.2) is 5.76 Å². The number of aromatic nitrogens is 2. The van der Waals surface area contributed by atoms with Gasteiger partial charge in [0.2, 0.25) is 0 Å². The number of H-pyrrole nitrogens is 1. The number of para-hydroxylation sites is 2. The van der Waals surface area contributed by atoms with E-state index in [4.69, 9.17) is 9.40 Å². The molecule has 2 aromatic heterocycles. The molecule has 5 heteroatoms. The highest BCUT2D eigenvalue weighted by Gasteiger charge is 2.30. The molecule has 1 aliphatic heterocycles. The van der Waals surface area contributed by atoms with Crippen LogP contribution in [0.25, 0.3) is 22.0 Å². The van der Waals surface area contributed by atoms with Gasteiger partial charge in [-0.05, 0) is 51.0 Å². The average molecular weight is 373 g/mol. The number of furan rings is 1. The van der Waals surface area contributed by atoms with E-state index in [2.05, 4.69) is 18.0 Å². The van der Waals surface area contributed by atoms with Crippen molar-refractivity contribution in [3.8, 4) is 0 Å². The van der Waals surface area contributed by atoms with Crippen molar-refractivity contribution >= 4 is 27.9 Å². The quantitative estimate of drug-likeness (QED) is 0.541. The number of aryl methyl sites for hydroxylation is 2. The third kappa shape index (κ3) is 2.78. The summed E-state index contributed by atoms with van der Waals surface area (Å²) in [5.74, 6) is 1.63. The molecule has 1 fully saturated rings. The summed E-state index contributed by atoms with van der Waals surface area (Å²) in [5, 5.41) is 1.02. The van der Waals surface area contributed by atoms with Crippen molar-refractivity contribution in [1.82, 2.24) is 14.9 Å². The zero-order chi connectivity index (χ0) is 19.3. The maximum absolute atomic E-state index is 13.2. The molecule has 0 spiro atoms. The number of nitrogens with one attached hydrogen (secondary N) is 1. The molecule has 1 saturated heterocycles. The Labute approximate surface area is 163 Å². The summed E-state index contributed by atoms with van der Waals surface area (Å²) < 4.78 is 5.94. The number of fused-ring (bicyclic) bond motifs is 2. The molecule has 1 aliphatic rings. The van der Waals surface area contributed by atoms with E-state index in [1.54, 1.807) is 0 Å².